The highest BCUT2D eigenvalue weighted by Crippen LogP contribution is 2.32. The van der Waals surface area contributed by atoms with Crippen molar-refractivity contribution in [3.05, 3.63) is 59.4 Å². The van der Waals surface area contributed by atoms with Gasteiger partial charge in [-0.2, -0.15) is 4.31 Å². The number of aliphatic imine (C=N–C) groups is 1. The molecule has 1 aromatic carbocycles. The van der Waals surface area contributed by atoms with Crippen LogP contribution >= 0.6 is 0 Å². The summed E-state index contributed by atoms with van der Waals surface area (Å²) in [5, 5.41) is 0. The minimum absolute atomic E-state index is 0.147. The molecule has 2 heterocycles. The first-order valence-electron chi connectivity index (χ1n) is 8.31. The summed E-state index contributed by atoms with van der Waals surface area (Å²) in [4.78, 5) is 8.43. The maximum Gasteiger partial charge on any atom is 0.245 e. The van der Waals surface area contributed by atoms with E-state index in [2.05, 4.69) is 16.7 Å². The molecule has 0 saturated carbocycles. The number of ether oxygens (including phenoxy) is 1. The number of hydrogen-bond donors (Lipinski definition) is 0. The highest BCUT2D eigenvalue weighted by molar-refractivity contribution is 7.89. The van der Waals surface area contributed by atoms with Gasteiger partial charge in [-0.1, -0.05) is 30.4 Å². The van der Waals surface area contributed by atoms with Crippen molar-refractivity contribution in [2.75, 3.05) is 13.2 Å². The summed E-state index contributed by atoms with van der Waals surface area (Å²) in [6.07, 6.45) is 5.34. The van der Waals surface area contributed by atoms with Gasteiger partial charge >= 0.3 is 0 Å². The summed E-state index contributed by atoms with van der Waals surface area (Å²) in [6, 6.07) is 8.78. The van der Waals surface area contributed by atoms with E-state index in [1.165, 1.54) is 4.31 Å². The number of rotatable bonds is 4. The lowest BCUT2D eigenvalue weighted by Crippen LogP contribution is -2.35. The number of para-hydroxylation sites is 1. The predicted molar refractivity (Wildman–Crippen MR) is 102 cm³/mol. The predicted octanol–water partition coefficient (Wildman–Crippen LogP) is 3.17. The average molecular weight is 371 g/mol. The zero-order valence-electron chi connectivity index (χ0n) is 14.6. The molecule has 1 aliphatic heterocycles. The van der Waals surface area contributed by atoms with Crippen molar-refractivity contribution in [1.82, 2.24) is 9.29 Å². The van der Waals surface area contributed by atoms with Gasteiger partial charge in [0.2, 0.25) is 10.0 Å². The van der Waals surface area contributed by atoms with E-state index in [0.29, 0.717) is 24.5 Å². The van der Waals surface area contributed by atoms with Gasteiger partial charge in [-0.3, -0.25) is 9.98 Å². The second-order valence-corrected chi connectivity index (χ2v) is 7.76. The molecule has 1 aromatic heterocycles. The molecule has 0 atom stereocenters. The van der Waals surface area contributed by atoms with Gasteiger partial charge in [0, 0.05) is 24.8 Å². The van der Waals surface area contributed by atoms with E-state index < -0.39 is 10.0 Å². The molecule has 0 amide bonds. The maximum atomic E-state index is 13.3. The van der Waals surface area contributed by atoms with E-state index in [4.69, 9.17) is 4.74 Å². The summed E-state index contributed by atoms with van der Waals surface area (Å²) in [7, 11) is -3.77. The molecular formula is C19H21N3O3S. The minimum Gasteiger partial charge on any atom is -0.374 e. The van der Waals surface area contributed by atoms with Crippen molar-refractivity contribution in [3.8, 4) is 0 Å². The minimum atomic E-state index is -3.77. The van der Waals surface area contributed by atoms with Gasteiger partial charge in [-0.15, -0.1) is 0 Å². The number of sulfonamides is 1. The Morgan fingerprint density at radius 1 is 1.31 bits per heavy atom. The first-order valence-corrected chi connectivity index (χ1v) is 9.75. The summed E-state index contributed by atoms with van der Waals surface area (Å²) in [5.74, 6) is 0. The van der Waals surface area contributed by atoms with Crippen LogP contribution in [0.5, 0.6) is 0 Å². The summed E-state index contributed by atoms with van der Waals surface area (Å²) in [5.41, 5.74) is 2.68. The Kier molecular flexibility index (Phi) is 5.61. The van der Waals surface area contributed by atoms with Gasteiger partial charge in [0.05, 0.1) is 24.6 Å². The highest BCUT2D eigenvalue weighted by Gasteiger charge is 2.29. The van der Waals surface area contributed by atoms with Crippen LogP contribution in [0.25, 0.3) is 6.08 Å². The van der Waals surface area contributed by atoms with E-state index >= 15 is 0 Å². The lowest BCUT2D eigenvalue weighted by Gasteiger charge is -2.26. The van der Waals surface area contributed by atoms with Gasteiger partial charge in [-0.05, 0) is 31.3 Å². The van der Waals surface area contributed by atoms with Crippen molar-refractivity contribution in [3.63, 3.8) is 0 Å². The molecule has 3 rings (SSSR count). The molecule has 0 N–H and O–H groups in total. The van der Waals surface area contributed by atoms with Crippen LogP contribution in [0.1, 0.15) is 23.7 Å². The molecule has 0 unspecified atom stereocenters. The molecule has 6 nitrogen and oxygen atoms in total. The molecule has 0 aliphatic carbocycles. The molecule has 0 fully saturated rings. The smallest absolute Gasteiger partial charge is 0.245 e. The normalized spacial score (nSPS) is 16.0. The zero-order valence-corrected chi connectivity index (χ0v) is 15.4. The second-order valence-electron chi connectivity index (χ2n) is 5.85. The standard InChI is InChI=1S/C19H21N3O3S/c1-3-6-15-7-4-9-18(19(15)20-2)26(23,24)22-11-12-25-14-17-16(13-22)8-5-10-21-17/h3-10H,2,11-14H2,1H3/b6-3-. The number of allylic oxidation sites excluding steroid dienone is 1. The van der Waals surface area contributed by atoms with E-state index in [9.17, 15) is 8.42 Å². The molecule has 26 heavy (non-hydrogen) atoms. The highest BCUT2D eigenvalue weighted by atomic mass is 32.2. The fourth-order valence-electron chi connectivity index (χ4n) is 2.92. The van der Waals surface area contributed by atoms with Crippen molar-refractivity contribution in [2.45, 2.75) is 25.0 Å². The van der Waals surface area contributed by atoms with Crippen LogP contribution in [0.2, 0.25) is 0 Å². The van der Waals surface area contributed by atoms with Gasteiger partial charge in [0.25, 0.3) is 0 Å². The molecule has 0 bridgehead atoms. The van der Waals surface area contributed by atoms with Crippen LogP contribution < -0.4 is 0 Å². The number of pyridine rings is 1. The van der Waals surface area contributed by atoms with Gasteiger partial charge < -0.3 is 4.74 Å². The van der Waals surface area contributed by atoms with Gasteiger partial charge in [-0.25, -0.2) is 8.42 Å². The summed E-state index contributed by atoms with van der Waals surface area (Å²) >= 11 is 0. The molecule has 0 saturated heterocycles. The van der Waals surface area contributed by atoms with E-state index in [1.807, 2.05) is 31.2 Å². The van der Waals surface area contributed by atoms with Crippen molar-refractivity contribution in [2.24, 2.45) is 4.99 Å². The van der Waals surface area contributed by atoms with E-state index in [0.717, 1.165) is 11.3 Å². The third-order valence-electron chi connectivity index (χ3n) is 4.21. The SMILES string of the molecule is C=Nc1c(/C=C\C)cccc1S(=O)(=O)N1CCOCc2ncccc2C1. The molecule has 2 aromatic rings. The number of hydrogen-bond acceptors (Lipinski definition) is 5. The maximum absolute atomic E-state index is 13.3. The Hall–Kier alpha value is -2.35. The first kappa shape index (κ1) is 18.4. The van der Waals surface area contributed by atoms with Crippen LogP contribution in [0.3, 0.4) is 0 Å². The Labute approximate surface area is 153 Å². The van der Waals surface area contributed by atoms with Gasteiger partial charge in [0.15, 0.2) is 0 Å². The van der Waals surface area contributed by atoms with Crippen LogP contribution in [-0.2, 0) is 27.9 Å². The number of benzene rings is 1. The summed E-state index contributed by atoms with van der Waals surface area (Å²) in [6.45, 7) is 6.64. The third-order valence-corrected chi connectivity index (χ3v) is 6.08. The van der Waals surface area contributed by atoms with Crippen molar-refractivity contribution < 1.29 is 13.2 Å². The number of aromatic nitrogens is 1. The largest absolute Gasteiger partial charge is 0.374 e. The Balaban J connectivity index is 2.06. The quantitative estimate of drug-likeness (QED) is 0.774. The van der Waals surface area contributed by atoms with Crippen LogP contribution in [0.15, 0.2) is 52.5 Å². The fourth-order valence-corrected chi connectivity index (χ4v) is 4.50. The second kappa shape index (κ2) is 7.90. The zero-order chi connectivity index (χ0) is 18.6. The Bertz CT molecular complexity index is 939. The molecule has 136 valence electrons. The van der Waals surface area contributed by atoms with Crippen LogP contribution in [0.4, 0.5) is 5.69 Å². The number of fused-ring (bicyclic) bond motifs is 1. The number of nitrogens with zero attached hydrogens (tertiary/aromatic N) is 3. The molecular weight excluding hydrogens is 350 g/mol. The summed E-state index contributed by atoms with van der Waals surface area (Å²) < 4.78 is 33.7. The van der Waals surface area contributed by atoms with Crippen molar-refractivity contribution in [1.29, 1.82) is 0 Å². The molecule has 1 aliphatic rings. The van der Waals surface area contributed by atoms with E-state index in [-0.39, 0.29) is 18.0 Å². The van der Waals surface area contributed by atoms with Crippen molar-refractivity contribution >= 4 is 28.5 Å². The Morgan fingerprint density at radius 3 is 2.92 bits per heavy atom. The van der Waals surface area contributed by atoms with E-state index in [1.54, 1.807) is 24.4 Å². The molecule has 0 spiro atoms. The lowest BCUT2D eigenvalue weighted by molar-refractivity contribution is 0.0991. The first-order chi connectivity index (χ1) is 12.6. The average Bonchev–Trinajstić information content (AvgIpc) is 2.62. The molecule has 7 heteroatoms. The van der Waals surface area contributed by atoms with Crippen LogP contribution in [0, 0.1) is 0 Å². The monoisotopic (exact) mass is 371 g/mol. The van der Waals surface area contributed by atoms with Gasteiger partial charge in [0.1, 0.15) is 4.90 Å². The lowest BCUT2D eigenvalue weighted by atomic mass is 10.1. The molecule has 0 radical (unpaired) electrons. The van der Waals surface area contributed by atoms with Crippen LogP contribution in [-0.4, -0.2) is 37.6 Å². The fraction of sp³-hybridized carbons (Fsp3) is 0.263. The third kappa shape index (κ3) is 3.60. The Morgan fingerprint density at radius 2 is 2.15 bits per heavy atom. The topological polar surface area (TPSA) is 71.9 Å².